The number of benzene rings is 2. The number of amides is 1. The number of rotatable bonds is 5. The molecular formula is C27H37N3O6. The molecule has 2 heterocycles. The number of aliphatic hydroxyl groups is 1. The second kappa shape index (κ2) is 14.3. The summed E-state index contributed by atoms with van der Waals surface area (Å²) in [5.41, 5.74) is 2.05. The normalized spacial score (nSPS) is 21.2. The zero-order valence-electron chi connectivity index (χ0n) is 20.9. The van der Waals surface area contributed by atoms with Gasteiger partial charge in [0.25, 0.3) is 17.8 Å². The number of nitrogens with zero attached hydrogens (tertiary/aromatic N) is 1. The minimum absolute atomic E-state index is 0.141. The third kappa shape index (κ3) is 9.07. The topological polar surface area (TPSA) is 139 Å². The van der Waals surface area contributed by atoms with Crippen LogP contribution in [0, 0.1) is 0 Å². The van der Waals surface area contributed by atoms with Crippen LogP contribution in [0.4, 0.5) is 0 Å². The summed E-state index contributed by atoms with van der Waals surface area (Å²) in [7, 11) is 0. The molecule has 196 valence electrons. The number of piperidine rings is 1. The number of carbonyl (C=O) groups is 3. The van der Waals surface area contributed by atoms with Crippen LogP contribution in [0.15, 0.2) is 54.6 Å². The van der Waals surface area contributed by atoms with Crippen LogP contribution in [0.5, 0.6) is 0 Å². The van der Waals surface area contributed by atoms with E-state index in [0.717, 1.165) is 45.6 Å². The second-order valence-electron chi connectivity index (χ2n) is 8.98. The number of carboxylic acid groups (broad SMARTS) is 2. The Morgan fingerprint density at radius 1 is 0.972 bits per heavy atom. The highest BCUT2D eigenvalue weighted by Gasteiger charge is 2.42. The van der Waals surface area contributed by atoms with Gasteiger partial charge in [0.2, 0.25) is 0 Å². The predicted octanol–water partition coefficient (Wildman–Crippen LogP) is 2.44. The van der Waals surface area contributed by atoms with Gasteiger partial charge in [-0.2, -0.15) is 0 Å². The lowest BCUT2D eigenvalue weighted by atomic mass is 9.79. The van der Waals surface area contributed by atoms with Gasteiger partial charge in [-0.25, -0.2) is 0 Å². The number of likely N-dealkylation sites (tertiary alicyclic amines) is 1. The number of hydrogen-bond acceptors (Lipinski definition) is 6. The molecule has 5 N–H and O–H groups in total. The molecule has 1 amide bonds. The van der Waals surface area contributed by atoms with Crippen molar-refractivity contribution < 1.29 is 29.7 Å². The molecule has 2 aliphatic heterocycles. The number of nitrogens with one attached hydrogen (secondary N) is 2. The number of hydrogen-bond donors (Lipinski definition) is 5. The van der Waals surface area contributed by atoms with Crippen molar-refractivity contribution in [2.24, 2.45) is 0 Å². The van der Waals surface area contributed by atoms with E-state index in [-0.39, 0.29) is 5.91 Å². The largest absolute Gasteiger partial charge is 0.481 e. The molecule has 2 atom stereocenters. The molecule has 2 aromatic rings. The first-order chi connectivity index (χ1) is 17.1. The molecule has 9 heteroatoms. The summed E-state index contributed by atoms with van der Waals surface area (Å²) in [6.45, 7) is 6.65. The van der Waals surface area contributed by atoms with Crippen LogP contribution >= 0.6 is 0 Å². The van der Waals surface area contributed by atoms with E-state index < -0.39 is 23.6 Å². The van der Waals surface area contributed by atoms with Gasteiger partial charge in [-0.3, -0.25) is 19.3 Å². The van der Waals surface area contributed by atoms with Gasteiger partial charge in [-0.15, -0.1) is 0 Å². The Balaban J connectivity index is 0.000000501. The van der Waals surface area contributed by atoms with E-state index in [1.54, 1.807) is 0 Å². The molecule has 0 spiro atoms. The Labute approximate surface area is 212 Å². The van der Waals surface area contributed by atoms with Gasteiger partial charge in [0.15, 0.2) is 0 Å². The van der Waals surface area contributed by atoms with Gasteiger partial charge in [0.05, 0.1) is 11.6 Å². The van der Waals surface area contributed by atoms with Crippen LogP contribution < -0.4 is 10.6 Å². The van der Waals surface area contributed by atoms with Gasteiger partial charge < -0.3 is 26.0 Å². The summed E-state index contributed by atoms with van der Waals surface area (Å²) < 4.78 is 0. The fraction of sp³-hybridized carbons (Fsp3) is 0.444. The average Bonchev–Trinajstić information content (AvgIpc) is 3.34. The average molecular weight is 500 g/mol. The highest BCUT2D eigenvalue weighted by atomic mass is 16.4. The van der Waals surface area contributed by atoms with Gasteiger partial charge >= 0.3 is 0 Å². The third-order valence-electron chi connectivity index (χ3n) is 6.05. The lowest BCUT2D eigenvalue weighted by molar-refractivity contribution is -0.135. The van der Waals surface area contributed by atoms with Crippen molar-refractivity contribution in [1.82, 2.24) is 15.5 Å². The maximum Gasteiger partial charge on any atom is 0.300 e. The molecule has 2 aromatic carbocycles. The SMILES string of the molecule is CC(=O)O.CC(=O)O.O=C(N[C@]1(c2ccccc2)CCNC[C@H]1O)c1ccc(CN2CCCC2)cc1. The molecule has 0 saturated carbocycles. The second-order valence-corrected chi connectivity index (χ2v) is 8.98. The summed E-state index contributed by atoms with van der Waals surface area (Å²) in [5.74, 6) is -1.81. The Hall–Kier alpha value is -3.27. The lowest BCUT2D eigenvalue weighted by Crippen LogP contribution is -2.61. The third-order valence-corrected chi connectivity index (χ3v) is 6.05. The van der Waals surface area contributed by atoms with Gasteiger partial charge in [-0.1, -0.05) is 42.5 Å². The number of carboxylic acids is 2. The molecule has 0 radical (unpaired) electrons. The summed E-state index contributed by atoms with van der Waals surface area (Å²) in [4.78, 5) is 33.5. The summed E-state index contributed by atoms with van der Waals surface area (Å²) in [6.07, 6.45) is 2.53. The van der Waals surface area contributed by atoms with E-state index >= 15 is 0 Å². The summed E-state index contributed by atoms with van der Waals surface area (Å²) >= 11 is 0. The zero-order chi connectivity index (χ0) is 26.6. The van der Waals surface area contributed by atoms with Crippen molar-refractivity contribution in [3.8, 4) is 0 Å². The molecule has 2 fully saturated rings. The minimum Gasteiger partial charge on any atom is -0.481 e. The molecule has 9 nitrogen and oxygen atoms in total. The maximum atomic E-state index is 13.0. The van der Waals surface area contributed by atoms with Crippen molar-refractivity contribution in [1.29, 1.82) is 0 Å². The van der Waals surface area contributed by atoms with Crippen LogP contribution in [0.1, 0.15) is 54.6 Å². The number of β-amino-alcohol motifs (C(OH)–C–C–N with tert-alkyl or cyclic N) is 1. The molecule has 0 unspecified atom stereocenters. The van der Waals surface area contributed by atoms with Crippen molar-refractivity contribution in [2.75, 3.05) is 26.2 Å². The van der Waals surface area contributed by atoms with Crippen molar-refractivity contribution in [3.05, 3.63) is 71.3 Å². The molecule has 2 aliphatic rings. The summed E-state index contributed by atoms with van der Waals surface area (Å²) in [5, 5.41) is 32.0. The Kier molecular flexibility index (Phi) is 11.5. The van der Waals surface area contributed by atoms with E-state index in [9.17, 15) is 9.90 Å². The number of aliphatic hydroxyl groups excluding tert-OH is 1. The molecule has 2 saturated heterocycles. The molecule has 0 aliphatic carbocycles. The number of carbonyl (C=O) groups excluding carboxylic acids is 1. The lowest BCUT2D eigenvalue weighted by Gasteiger charge is -2.43. The first-order valence-corrected chi connectivity index (χ1v) is 12.1. The Morgan fingerprint density at radius 2 is 1.53 bits per heavy atom. The van der Waals surface area contributed by atoms with Crippen LogP contribution in [0.25, 0.3) is 0 Å². The van der Waals surface area contributed by atoms with Gasteiger partial charge in [0, 0.05) is 32.5 Å². The number of aliphatic carboxylic acids is 2. The highest BCUT2D eigenvalue weighted by molar-refractivity contribution is 5.95. The standard InChI is InChI=1S/C23H29N3O2.2C2H4O2/c27-21-16-24-13-12-23(21,20-6-2-1-3-7-20)25-22(28)19-10-8-18(9-11-19)17-26-14-4-5-15-26;2*1-2(3)4/h1-3,6-11,21,24,27H,4-5,12-17H2,(H,25,28);2*1H3,(H,3,4)/t21-,23+;;/m1../s1. The van der Waals surface area contributed by atoms with Crippen molar-refractivity contribution >= 4 is 17.8 Å². The first-order valence-electron chi connectivity index (χ1n) is 12.1. The van der Waals surface area contributed by atoms with E-state index in [2.05, 4.69) is 15.5 Å². The minimum atomic E-state index is -0.833. The maximum absolute atomic E-state index is 13.0. The van der Waals surface area contributed by atoms with E-state index in [4.69, 9.17) is 19.8 Å². The molecule has 0 aromatic heterocycles. The monoisotopic (exact) mass is 499 g/mol. The van der Waals surface area contributed by atoms with Crippen molar-refractivity contribution in [2.45, 2.75) is 51.3 Å². The quantitative estimate of drug-likeness (QED) is 0.423. The molecule has 0 bridgehead atoms. The van der Waals surface area contributed by atoms with E-state index in [1.807, 2.05) is 54.6 Å². The predicted molar refractivity (Wildman–Crippen MR) is 137 cm³/mol. The smallest absolute Gasteiger partial charge is 0.300 e. The van der Waals surface area contributed by atoms with E-state index in [1.165, 1.54) is 18.4 Å². The highest BCUT2D eigenvalue weighted by Crippen LogP contribution is 2.31. The fourth-order valence-corrected chi connectivity index (χ4v) is 4.39. The Morgan fingerprint density at radius 3 is 2.06 bits per heavy atom. The molecular weight excluding hydrogens is 462 g/mol. The first kappa shape index (κ1) is 29.0. The Bertz CT molecular complexity index is 957. The van der Waals surface area contributed by atoms with Gasteiger partial charge in [0.1, 0.15) is 0 Å². The summed E-state index contributed by atoms with van der Waals surface area (Å²) in [6, 6.07) is 17.7. The van der Waals surface area contributed by atoms with Crippen LogP contribution in [-0.4, -0.2) is 70.3 Å². The van der Waals surface area contributed by atoms with E-state index in [0.29, 0.717) is 18.5 Å². The fourth-order valence-electron chi connectivity index (χ4n) is 4.39. The van der Waals surface area contributed by atoms with Crippen LogP contribution in [-0.2, 0) is 21.7 Å². The van der Waals surface area contributed by atoms with Crippen LogP contribution in [0.2, 0.25) is 0 Å². The van der Waals surface area contributed by atoms with Crippen LogP contribution in [0.3, 0.4) is 0 Å². The van der Waals surface area contributed by atoms with Gasteiger partial charge in [-0.05, 0) is 62.2 Å². The zero-order valence-corrected chi connectivity index (χ0v) is 20.9. The molecule has 4 rings (SSSR count). The molecule has 36 heavy (non-hydrogen) atoms. The van der Waals surface area contributed by atoms with Crippen molar-refractivity contribution in [3.63, 3.8) is 0 Å².